The van der Waals surface area contributed by atoms with Crippen molar-refractivity contribution in [2.75, 3.05) is 26.2 Å². The van der Waals surface area contributed by atoms with Gasteiger partial charge < -0.3 is 10.2 Å². The van der Waals surface area contributed by atoms with Gasteiger partial charge in [0.1, 0.15) is 0 Å². The van der Waals surface area contributed by atoms with Crippen LogP contribution in [-0.4, -0.2) is 55.9 Å². The number of piperazine rings is 1. The van der Waals surface area contributed by atoms with Gasteiger partial charge >= 0.3 is 6.03 Å². The number of nitrogens with one attached hydrogen (secondary N) is 1. The second kappa shape index (κ2) is 7.96. The zero-order chi connectivity index (χ0) is 18.7. The van der Waals surface area contributed by atoms with E-state index in [0.717, 1.165) is 18.4 Å². The minimum absolute atomic E-state index is 0.0600. The predicted molar refractivity (Wildman–Crippen MR) is 102 cm³/mol. The van der Waals surface area contributed by atoms with E-state index < -0.39 is 10.0 Å². The summed E-state index contributed by atoms with van der Waals surface area (Å²) in [5, 5.41) is 3.07. The van der Waals surface area contributed by atoms with Gasteiger partial charge in [-0.25, -0.2) is 13.2 Å². The molecule has 0 aromatic heterocycles. The summed E-state index contributed by atoms with van der Waals surface area (Å²) in [6.07, 6.45) is 4.44. The van der Waals surface area contributed by atoms with E-state index in [1.54, 1.807) is 17.0 Å². The second-order valence-electron chi connectivity index (χ2n) is 7.55. The van der Waals surface area contributed by atoms with Gasteiger partial charge in [0, 0.05) is 32.2 Å². The zero-order valence-corrected chi connectivity index (χ0v) is 16.5. The van der Waals surface area contributed by atoms with Gasteiger partial charge in [-0.3, -0.25) is 0 Å². The predicted octanol–water partition coefficient (Wildman–Crippen LogP) is 2.77. The summed E-state index contributed by atoms with van der Waals surface area (Å²) in [7, 11) is -3.50. The molecule has 0 radical (unpaired) electrons. The van der Waals surface area contributed by atoms with Gasteiger partial charge in [0.05, 0.1) is 4.90 Å². The lowest BCUT2D eigenvalue weighted by molar-refractivity contribution is 0.169. The molecule has 1 aliphatic carbocycles. The van der Waals surface area contributed by atoms with E-state index in [1.165, 1.54) is 17.1 Å². The Balaban J connectivity index is 1.58. The van der Waals surface area contributed by atoms with E-state index in [4.69, 9.17) is 0 Å². The van der Waals surface area contributed by atoms with Crippen molar-refractivity contribution in [2.24, 2.45) is 0 Å². The molecule has 1 heterocycles. The first-order chi connectivity index (χ1) is 12.4. The molecule has 0 bridgehead atoms. The van der Waals surface area contributed by atoms with E-state index in [0.29, 0.717) is 37.0 Å². The molecule has 1 aromatic rings. The largest absolute Gasteiger partial charge is 0.335 e. The van der Waals surface area contributed by atoms with Crippen molar-refractivity contribution in [1.29, 1.82) is 0 Å². The quantitative estimate of drug-likeness (QED) is 0.874. The highest BCUT2D eigenvalue weighted by molar-refractivity contribution is 7.89. The number of carbonyl (C=O) groups excluding carboxylic acids is 1. The van der Waals surface area contributed by atoms with Crippen LogP contribution in [0.2, 0.25) is 0 Å². The van der Waals surface area contributed by atoms with Crippen LogP contribution in [0.5, 0.6) is 0 Å². The molecule has 26 heavy (non-hydrogen) atoms. The highest BCUT2D eigenvalue weighted by Gasteiger charge is 2.31. The molecule has 0 unspecified atom stereocenters. The van der Waals surface area contributed by atoms with Crippen LogP contribution in [-0.2, 0) is 10.0 Å². The fourth-order valence-corrected chi connectivity index (χ4v) is 5.06. The number of carbonyl (C=O) groups is 1. The fourth-order valence-electron chi connectivity index (χ4n) is 3.64. The van der Waals surface area contributed by atoms with Crippen molar-refractivity contribution in [1.82, 2.24) is 14.5 Å². The molecule has 1 aromatic carbocycles. The van der Waals surface area contributed by atoms with Crippen LogP contribution in [0, 0.1) is 0 Å². The first-order valence-corrected chi connectivity index (χ1v) is 11.0. The standard InChI is InChI=1S/C19H29N3O3S/c1-15(2)16-7-9-18(10-8-16)26(24,25)22-13-11-21(12-14-22)19(23)20-17-5-3-4-6-17/h7-10,15,17H,3-6,11-14H2,1-2H3,(H,20,23). The van der Waals surface area contributed by atoms with Crippen molar-refractivity contribution in [3.8, 4) is 0 Å². The molecule has 1 saturated heterocycles. The highest BCUT2D eigenvalue weighted by atomic mass is 32.2. The maximum Gasteiger partial charge on any atom is 0.317 e. The monoisotopic (exact) mass is 379 g/mol. The normalized spacial score (nSPS) is 19.9. The van der Waals surface area contributed by atoms with Crippen molar-refractivity contribution >= 4 is 16.1 Å². The minimum Gasteiger partial charge on any atom is -0.335 e. The average Bonchev–Trinajstić information content (AvgIpc) is 3.15. The second-order valence-corrected chi connectivity index (χ2v) is 9.48. The maximum absolute atomic E-state index is 12.8. The number of benzene rings is 1. The summed E-state index contributed by atoms with van der Waals surface area (Å²) in [5.41, 5.74) is 1.12. The summed E-state index contributed by atoms with van der Waals surface area (Å²) in [5.74, 6) is 0.369. The molecule has 0 spiro atoms. The van der Waals surface area contributed by atoms with Crippen molar-refractivity contribution < 1.29 is 13.2 Å². The lowest BCUT2D eigenvalue weighted by Crippen LogP contribution is -2.54. The van der Waals surface area contributed by atoms with Gasteiger partial charge in [0.25, 0.3) is 0 Å². The lowest BCUT2D eigenvalue weighted by Gasteiger charge is -2.34. The van der Waals surface area contributed by atoms with Gasteiger partial charge in [0.15, 0.2) is 0 Å². The number of sulfonamides is 1. The number of rotatable bonds is 4. The van der Waals surface area contributed by atoms with E-state index in [-0.39, 0.29) is 12.1 Å². The van der Waals surface area contributed by atoms with Crippen LogP contribution >= 0.6 is 0 Å². The zero-order valence-electron chi connectivity index (χ0n) is 15.6. The molecular weight excluding hydrogens is 350 g/mol. The van der Waals surface area contributed by atoms with Crippen molar-refractivity contribution in [3.63, 3.8) is 0 Å². The first kappa shape index (κ1) is 19.2. The molecule has 1 saturated carbocycles. The molecule has 0 atom stereocenters. The molecule has 1 N–H and O–H groups in total. The SMILES string of the molecule is CC(C)c1ccc(S(=O)(=O)N2CCN(C(=O)NC3CCCC3)CC2)cc1. The maximum atomic E-state index is 12.8. The molecular formula is C19H29N3O3S. The molecule has 6 nitrogen and oxygen atoms in total. The minimum atomic E-state index is -3.50. The molecule has 144 valence electrons. The van der Waals surface area contributed by atoms with Crippen molar-refractivity contribution in [2.45, 2.75) is 56.4 Å². The van der Waals surface area contributed by atoms with Gasteiger partial charge in [-0.05, 0) is 36.5 Å². The molecule has 3 rings (SSSR count). The third-order valence-corrected chi connectivity index (χ3v) is 7.31. The number of nitrogens with zero attached hydrogens (tertiary/aromatic N) is 2. The average molecular weight is 380 g/mol. The van der Waals surface area contributed by atoms with Crippen molar-refractivity contribution in [3.05, 3.63) is 29.8 Å². The third kappa shape index (κ3) is 4.20. The Bertz CT molecular complexity index is 717. The Morgan fingerprint density at radius 3 is 2.15 bits per heavy atom. The summed E-state index contributed by atoms with van der Waals surface area (Å²) >= 11 is 0. The van der Waals surface area contributed by atoms with Crippen LogP contribution in [0.15, 0.2) is 29.2 Å². The smallest absolute Gasteiger partial charge is 0.317 e. The van der Waals surface area contributed by atoms with Crippen LogP contribution in [0.3, 0.4) is 0 Å². The lowest BCUT2D eigenvalue weighted by atomic mass is 10.0. The summed E-state index contributed by atoms with van der Waals surface area (Å²) in [4.78, 5) is 14.4. The Labute approximate surface area is 156 Å². The Hall–Kier alpha value is -1.60. The molecule has 2 fully saturated rings. The van der Waals surface area contributed by atoms with E-state index in [1.807, 2.05) is 12.1 Å². The Morgan fingerprint density at radius 1 is 1.04 bits per heavy atom. The first-order valence-electron chi connectivity index (χ1n) is 9.53. The van der Waals surface area contributed by atoms with E-state index in [2.05, 4.69) is 19.2 Å². The third-order valence-electron chi connectivity index (χ3n) is 5.39. The topological polar surface area (TPSA) is 69.7 Å². The summed E-state index contributed by atoms with van der Waals surface area (Å²) in [6.45, 7) is 5.71. The number of hydrogen-bond acceptors (Lipinski definition) is 3. The molecule has 2 amide bonds. The molecule has 1 aliphatic heterocycles. The molecule has 2 aliphatic rings. The Kier molecular flexibility index (Phi) is 5.87. The van der Waals surface area contributed by atoms with E-state index >= 15 is 0 Å². The number of urea groups is 1. The van der Waals surface area contributed by atoms with Gasteiger partial charge in [-0.15, -0.1) is 0 Å². The summed E-state index contributed by atoms with van der Waals surface area (Å²) < 4.78 is 27.1. The van der Waals surface area contributed by atoms with Gasteiger partial charge in [-0.2, -0.15) is 4.31 Å². The van der Waals surface area contributed by atoms with Crippen LogP contribution in [0.25, 0.3) is 0 Å². The molecule has 7 heteroatoms. The van der Waals surface area contributed by atoms with Crippen LogP contribution < -0.4 is 5.32 Å². The number of hydrogen-bond donors (Lipinski definition) is 1. The summed E-state index contributed by atoms with van der Waals surface area (Å²) in [6, 6.07) is 7.35. The van der Waals surface area contributed by atoms with Crippen LogP contribution in [0.4, 0.5) is 4.79 Å². The van der Waals surface area contributed by atoms with E-state index in [9.17, 15) is 13.2 Å². The van der Waals surface area contributed by atoms with Gasteiger partial charge in [0.2, 0.25) is 10.0 Å². The fraction of sp³-hybridized carbons (Fsp3) is 0.632. The van der Waals surface area contributed by atoms with Crippen LogP contribution in [0.1, 0.15) is 51.0 Å². The Morgan fingerprint density at radius 2 is 1.62 bits per heavy atom. The van der Waals surface area contributed by atoms with Gasteiger partial charge in [-0.1, -0.05) is 38.8 Å². The number of amides is 2. The highest BCUT2D eigenvalue weighted by Crippen LogP contribution is 2.22.